The number of aromatic nitrogens is 3. The summed E-state index contributed by atoms with van der Waals surface area (Å²) in [4.78, 5) is 4.42. The maximum atomic E-state index is 4.42. The minimum Gasteiger partial charge on any atom is -0.314 e. The predicted molar refractivity (Wildman–Crippen MR) is 68.9 cm³/mol. The van der Waals surface area contributed by atoms with E-state index in [1.54, 1.807) is 6.33 Å². The Labute approximate surface area is 104 Å². The molecule has 1 aliphatic rings. The molecule has 0 spiro atoms. The van der Waals surface area contributed by atoms with E-state index >= 15 is 0 Å². The van der Waals surface area contributed by atoms with Crippen LogP contribution in [0.25, 0.3) is 0 Å². The summed E-state index contributed by atoms with van der Waals surface area (Å²) in [6.45, 7) is 7.58. The van der Waals surface area contributed by atoms with Gasteiger partial charge in [0.2, 0.25) is 0 Å². The Morgan fingerprint density at radius 3 is 3.00 bits per heavy atom. The second kappa shape index (κ2) is 5.63. The number of rotatable bonds is 5. The molecule has 1 saturated carbocycles. The fourth-order valence-corrected chi connectivity index (χ4v) is 2.90. The summed E-state index contributed by atoms with van der Waals surface area (Å²) in [7, 11) is 0. The lowest BCUT2D eigenvalue weighted by Gasteiger charge is -2.20. The van der Waals surface area contributed by atoms with Crippen LogP contribution in [0, 0.1) is 5.92 Å². The van der Waals surface area contributed by atoms with Gasteiger partial charge in [-0.1, -0.05) is 13.3 Å². The normalized spacial score (nSPS) is 24.7. The fourth-order valence-electron chi connectivity index (χ4n) is 2.90. The molecule has 96 valence electrons. The van der Waals surface area contributed by atoms with Gasteiger partial charge in [-0.15, -0.1) is 0 Å². The van der Waals surface area contributed by atoms with E-state index in [0.717, 1.165) is 24.7 Å². The van der Waals surface area contributed by atoms with E-state index in [-0.39, 0.29) is 0 Å². The smallest absolute Gasteiger partial charge is 0.138 e. The maximum Gasteiger partial charge on any atom is 0.138 e. The molecule has 0 radical (unpaired) electrons. The lowest BCUT2D eigenvalue weighted by Crippen LogP contribution is -2.33. The second-order valence-electron chi connectivity index (χ2n) is 5.27. The zero-order chi connectivity index (χ0) is 12.3. The minimum absolute atomic E-state index is 0.409. The van der Waals surface area contributed by atoms with Crippen LogP contribution in [0.4, 0.5) is 0 Å². The highest BCUT2D eigenvalue weighted by atomic mass is 15.3. The molecule has 1 fully saturated rings. The molecule has 2 unspecified atom stereocenters. The molecule has 0 aromatic carbocycles. The standard InChI is InChI=1S/C13H24N4/c1-4-14-12-7-5-6-11(12)8-13-15-9-16-17(13)10(2)3/h9-12,14H,4-8H2,1-3H3. The van der Waals surface area contributed by atoms with Crippen molar-refractivity contribution in [3.8, 4) is 0 Å². The quantitative estimate of drug-likeness (QED) is 0.852. The molecule has 2 rings (SSSR count). The molecule has 2 atom stereocenters. The number of hydrogen-bond donors (Lipinski definition) is 1. The highest BCUT2D eigenvalue weighted by molar-refractivity contribution is 4.94. The highest BCUT2D eigenvalue weighted by Gasteiger charge is 2.28. The molecule has 0 aliphatic heterocycles. The van der Waals surface area contributed by atoms with E-state index in [1.165, 1.54) is 19.3 Å². The summed E-state index contributed by atoms with van der Waals surface area (Å²) in [5.41, 5.74) is 0. The summed E-state index contributed by atoms with van der Waals surface area (Å²) in [6.07, 6.45) is 6.73. The lowest BCUT2D eigenvalue weighted by atomic mass is 9.99. The third kappa shape index (κ3) is 2.86. The van der Waals surface area contributed by atoms with Gasteiger partial charge in [0.05, 0.1) is 0 Å². The van der Waals surface area contributed by atoms with Gasteiger partial charge in [0.15, 0.2) is 0 Å². The molecule has 4 nitrogen and oxygen atoms in total. The summed E-state index contributed by atoms with van der Waals surface area (Å²) in [6, 6.07) is 1.09. The van der Waals surface area contributed by atoms with E-state index in [4.69, 9.17) is 0 Å². The molecule has 1 aliphatic carbocycles. The van der Waals surface area contributed by atoms with Crippen LogP contribution >= 0.6 is 0 Å². The first-order valence-corrected chi connectivity index (χ1v) is 6.84. The Balaban J connectivity index is 2.02. The minimum atomic E-state index is 0.409. The van der Waals surface area contributed by atoms with Crippen molar-refractivity contribution in [1.82, 2.24) is 20.1 Å². The Bertz CT molecular complexity index is 345. The fraction of sp³-hybridized carbons (Fsp3) is 0.846. The molecule has 1 heterocycles. The summed E-state index contributed by atoms with van der Waals surface area (Å²) >= 11 is 0. The van der Waals surface area contributed by atoms with Crippen molar-refractivity contribution in [2.24, 2.45) is 5.92 Å². The summed E-state index contributed by atoms with van der Waals surface area (Å²) in [5.74, 6) is 1.88. The molecule has 1 aromatic heterocycles. The van der Waals surface area contributed by atoms with Gasteiger partial charge in [-0.3, -0.25) is 0 Å². The maximum absolute atomic E-state index is 4.42. The average molecular weight is 236 g/mol. The first-order chi connectivity index (χ1) is 8.22. The van der Waals surface area contributed by atoms with Crippen molar-refractivity contribution in [2.75, 3.05) is 6.54 Å². The van der Waals surface area contributed by atoms with E-state index in [9.17, 15) is 0 Å². The number of nitrogens with one attached hydrogen (secondary N) is 1. The van der Waals surface area contributed by atoms with Crippen molar-refractivity contribution < 1.29 is 0 Å². The molecule has 1 N–H and O–H groups in total. The van der Waals surface area contributed by atoms with Gasteiger partial charge < -0.3 is 5.32 Å². The third-order valence-corrected chi connectivity index (χ3v) is 3.71. The SMILES string of the molecule is CCNC1CCCC1Cc1ncnn1C(C)C. The first kappa shape index (κ1) is 12.6. The number of hydrogen-bond acceptors (Lipinski definition) is 3. The van der Waals surface area contributed by atoms with Crippen LogP contribution in [0.2, 0.25) is 0 Å². The molecule has 17 heavy (non-hydrogen) atoms. The molecular formula is C13H24N4. The van der Waals surface area contributed by atoms with E-state index in [0.29, 0.717) is 12.1 Å². The van der Waals surface area contributed by atoms with Gasteiger partial charge >= 0.3 is 0 Å². The summed E-state index contributed by atoms with van der Waals surface area (Å²) < 4.78 is 2.06. The van der Waals surface area contributed by atoms with Crippen molar-refractivity contribution >= 4 is 0 Å². The van der Waals surface area contributed by atoms with Crippen LogP contribution in [-0.2, 0) is 6.42 Å². The van der Waals surface area contributed by atoms with Crippen molar-refractivity contribution in [3.63, 3.8) is 0 Å². The van der Waals surface area contributed by atoms with Gasteiger partial charge in [0.25, 0.3) is 0 Å². The molecular weight excluding hydrogens is 212 g/mol. The Morgan fingerprint density at radius 2 is 2.29 bits per heavy atom. The van der Waals surface area contributed by atoms with Gasteiger partial charge in [-0.05, 0) is 39.2 Å². The zero-order valence-electron chi connectivity index (χ0n) is 11.2. The Morgan fingerprint density at radius 1 is 1.47 bits per heavy atom. The van der Waals surface area contributed by atoms with Crippen LogP contribution in [0.5, 0.6) is 0 Å². The largest absolute Gasteiger partial charge is 0.314 e. The van der Waals surface area contributed by atoms with E-state index in [2.05, 4.69) is 40.9 Å². The van der Waals surface area contributed by atoms with Crippen LogP contribution in [0.15, 0.2) is 6.33 Å². The van der Waals surface area contributed by atoms with Gasteiger partial charge in [-0.25, -0.2) is 9.67 Å². The second-order valence-corrected chi connectivity index (χ2v) is 5.27. The van der Waals surface area contributed by atoms with Gasteiger partial charge in [0.1, 0.15) is 12.2 Å². The molecule has 0 saturated heterocycles. The van der Waals surface area contributed by atoms with E-state index < -0.39 is 0 Å². The monoisotopic (exact) mass is 236 g/mol. The lowest BCUT2D eigenvalue weighted by molar-refractivity contribution is 0.385. The zero-order valence-corrected chi connectivity index (χ0v) is 11.2. The van der Waals surface area contributed by atoms with Crippen LogP contribution in [0.1, 0.15) is 51.9 Å². The van der Waals surface area contributed by atoms with Crippen LogP contribution in [-0.4, -0.2) is 27.4 Å². The average Bonchev–Trinajstić information content (AvgIpc) is 2.89. The van der Waals surface area contributed by atoms with Crippen molar-refractivity contribution in [3.05, 3.63) is 12.2 Å². The first-order valence-electron chi connectivity index (χ1n) is 6.84. The van der Waals surface area contributed by atoms with Gasteiger partial charge in [-0.2, -0.15) is 5.10 Å². The number of nitrogens with zero attached hydrogens (tertiary/aromatic N) is 3. The van der Waals surface area contributed by atoms with Gasteiger partial charge in [0, 0.05) is 18.5 Å². The van der Waals surface area contributed by atoms with E-state index in [1.807, 2.05) is 0 Å². The van der Waals surface area contributed by atoms with Crippen LogP contribution in [0.3, 0.4) is 0 Å². The van der Waals surface area contributed by atoms with Crippen LogP contribution < -0.4 is 5.32 Å². The predicted octanol–water partition coefficient (Wildman–Crippen LogP) is 2.18. The van der Waals surface area contributed by atoms with Crippen molar-refractivity contribution in [1.29, 1.82) is 0 Å². The highest BCUT2D eigenvalue weighted by Crippen LogP contribution is 2.28. The molecule has 0 amide bonds. The Kier molecular flexibility index (Phi) is 4.15. The van der Waals surface area contributed by atoms with Crippen molar-refractivity contribution in [2.45, 2.75) is 58.5 Å². The summed E-state index contributed by atoms with van der Waals surface area (Å²) in [5, 5.41) is 7.91. The molecule has 1 aromatic rings. The third-order valence-electron chi connectivity index (χ3n) is 3.71. The molecule has 4 heteroatoms. The Hall–Kier alpha value is -0.900. The topological polar surface area (TPSA) is 42.7 Å². The molecule has 0 bridgehead atoms.